The number of aryl methyl sites for hydroxylation is 1. The second-order valence-corrected chi connectivity index (χ2v) is 9.87. The standard InChI is InChI=1S/C19H25N4O12P/c1-9-7-23(18(29)21-16(9)27)15-5-12(35-36(30,31)32)19(8-24,34-15)6-11-10(25)4-14(33-11)22-3-2-13(26)20-17(22)28/h2-3,7,10-12,14-15,24-25H,4-6,8H2,1H3,(H,20,26,28)(H,21,27,29)(H2,30,31,32)/p-1/t10-,11+,12+,14+,15+,19+/m0/s1. The minimum atomic E-state index is -5.36. The Morgan fingerprint density at radius 1 is 1.19 bits per heavy atom. The summed E-state index contributed by atoms with van der Waals surface area (Å²) in [5, 5.41) is 20.9. The van der Waals surface area contributed by atoms with E-state index >= 15 is 0 Å². The second kappa shape index (κ2) is 9.64. The summed E-state index contributed by atoms with van der Waals surface area (Å²) in [6.07, 6.45) is -4.54. The topological polar surface area (TPSA) is 238 Å². The van der Waals surface area contributed by atoms with Gasteiger partial charge in [0.05, 0.1) is 18.8 Å². The minimum absolute atomic E-state index is 0.0916. The maximum absolute atomic E-state index is 12.4. The number of hydrogen-bond donors (Lipinski definition) is 5. The molecule has 0 saturated carbocycles. The molecule has 2 aromatic heterocycles. The Kier molecular flexibility index (Phi) is 7.07. The summed E-state index contributed by atoms with van der Waals surface area (Å²) in [4.78, 5) is 72.6. The van der Waals surface area contributed by atoms with E-state index in [0.717, 1.165) is 15.2 Å². The summed E-state index contributed by atoms with van der Waals surface area (Å²) >= 11 is 0. The van der Waals surface area contributed by atoms with Gasteiger partial charge < -0.3 is 34.0 Å². The largest absolute Gasteiger partial charge is 0.756 e. The third-order valence-electron chi connectivity index (χ3n) is 6.27. The maximum Gasteiger partial charge on any atom is 0.330 e. The predicted octanol–water partition coefficient (Wildman–Crippen LogP) is -3.07. The van der Waals surface area contributed by atoms with E-state index in [1.807, 2.05) is 0 Å². The third kappa shape index (κ3) is 5.21. The SMILES string of the molecule is Cc1cn([C@H]2C[C@@H](OP(=O)([O-])O)[C@](CO)(C[C@H]3O[C@@H](n4ccc(=O)[nH]c4=O)C[C@@H]3O)O2)c(=O)[nH]c1=O. The molecule has 4 heterocycles. The molecule has 0 radical (unpaired) electrons. The highest BCUT2D eigenvalue weighted by Crippen LogP contribution is 2.48. The number of rotatable bonds is 7. The molecule has 17 heteroatoms. The quantitative estimate of drug-likeness (QED) is 0.224. The lowest BCUT2D eigenvalue weighted by Crippen LogP contribution is -2.48. The lowest BCUT2D eigenvalue weighted by molar-refractivity contribution is -0.232. The Morgan fingerprint density at radius 2 is 1.89 bits per heavy atom. The van der Waals surface area contributed by atoms with Gasteiger partial charge in [-0.3, -0.25) is 33.3 Å². The Hall–Kier alpha value is -2.69. The summed E-state index contributed by atoms with van der Waals surface area (Å²) in [6, 6.07) is 1.09. The van der Waals surface area contributed by atoms with Crippen LogP contribution in [0.3, 0.4) is 0 Å². The Morgan fingerprint density at radius 3 is 2.53 bits per heavy atom. The number of aromatic nitrogens is 4. The van der Waals surface area contributed by atoms with Crippen molar-refractivity contribution in [2.75, 3.05) is 6.61 Å². The summed E-state index contributed by atoms with van der Waals surface area (Å²) in [5.41, 5.74) is -4.66. The van der Waals surface area contributed by atoms with Crippen molar-refractivity contribution in [3.05, 3.63) is 65.7 Å². The van der Waals surface area contributed by atoms with Crippen molar-refractivity contribution in [1.82, 2.24) is 19.1 Å². The van der Waals surface area contributed by atoms with Gasteiger partial charge in [-0.05, 0) is 6.92 Å². The molecule has 7 atom stereocenters. The number of nitrogens with zero attached hydrogens (tertiary/aromatic N) is 2. The molecule has 0 aliphatic carbocycles. The molecule has 0 aromatic carbocycles. The Bertz CT molecular complexity index is 1410. The van der Waals surface area contributed by atoms with Crippen molar-refractivity contribution in [2.45, 2.75) is 62.6 Å². The first kappa shape index (κ1) is 26.4. The number of phosphoric ester groups is 1. The molecule has 1 unspecified atom stereocenters. The van der Waals surface area contributed by atoms with Gasteiger partial charge in [-0.2, -0.15) is 0 Å². The highest BCUT2D eigenvalue weighted by Gasteiger charge is 2.54. The fourth-order valence-electron chi connectivity index (χ4n) is 4.51. The van der Waals surface area contributed by atoms with Gasteiger partial charge in [0.2, 0.25) is 0 Å². The molecule has 0 amide bonds. The summed E-state index contributed by atoms with van der Waals surface area (Å²) in [7, 11) is -5.36. The van der Waals surface area contributed by atoms with Crippen LogP contribution in [0.2, 0.25) is 0 Å². The Balaban J connectivity index is 1.64. The normalized spacial score (nSPS) is 32.0. The first-order chi connectivity index (χ1) is 16.8. The molecule has 5 N–H and O–H groups in total. The Labute approximate surface area is 201 Å². The molecule has 198 valence electrons. The first-order valence-electron chi connectivity index (χ1n) is 10.8. The number of nitrogens with one attached hydrogen (secondary N) is 2. The highest BCUT2D eigenvalue weighted by atomic mass is 31.2. The van der Waals surface area contributed by atoms with E-state index in [1.54, 1.807) is 0 Å². The van der Waals surface area contributed by atoms with Gasteiger partial charge in [-0.1, -0.05) is 0 Å². The number of aliphatic hydroxyl groups is 2. The van der Waals surface area contributed by atoms with Gasteiger partial charge in [0.25, 0.3) is 18.9 Å². The molecule has 36 heavy (non-hydrogen) atoms. The van der Waals surface area contributed by atoms with E-state index in [2.05, 4.69) is 9.97 Å². The van der Waals surface area contributed by atoms with E-state index in [0.29, 0.717) is 0 Å². The first-order valence-corrected chi connectivity index (χ1v) is 12.3. The average molecular weight is 531 g/mol. The number of aliphatic hydroxyl groups excluding tert-OH is 2. The number of phosphoric acid groups is 1. The van der Waals surface area contributed by atoms with Crippen LogP contribution in [-0.2, 0) is 18.6 Å². The molecule has 16 nitrogen and oxygen atoms in total. The fourth-order valence-corrected chi connectivity index (χ4v) is 5.11. The van der Waals surface area contributed by atoms with Crippen molar-refractivity contribution in [3.63, 3.8) is 0 Å². The van der Waals surface area contributed by atoms with Crippen molar-refractivity contribution in [1.29, 1.82) is 0 Å². The summed E-state index contributed by atoms with van der Waals surface area (Å²) < 4.78 is 30.0. The van der Waals surface area contributed by atoms with Crippen LogP contribution < -0.4 is 27.4 Å². The van der Waals surface area contributed by atoms with Crippen LogP contribution in [0, 0.1) is 6.92 Å². The van der Waals surface area contributed by atoms with Crippen LogP contribution in [-0.4, -0.2) is 64.7 Å². The van der Waals surface area contributed by atoms with Crippen molar-refractivity contribution in [2.24, 2.45) is 0 Å². The van der Waals surface area contributed by atoms with E-state index in [9.17, 15) is 43.7 Å². The smallest absolute Gasteiger partial charge is 0.330 e. The maximum atomic E-state index is 12.4. The predicted molar refractivity (Wildman–Crippen MR) is 116 cm³/mol. The lowest BCUT2D eigenvalue weighted by Gasteiger charge is -2.36. The molecule has 2 aliphatic rings. The van der Waals surface area contributed by atoms with Crippen molar-refractivity contribution < 1.29 is 38.6 Å². The lowest BCUT2D eigenvalue weighted by atomic mass is 9.89. The molecular weight excluding hydrogens is 507 g/mol. The van der Waals surface area contributed by atoms with E-state index < -0.39 is 73.3 Å². The van der Waals surface area contributed by atoms with Crippen LogP contribution in [0.5, 0.6) is 0 Å². The summed E-state index contributed by atoms with van der Waals surface area (Å²) in [6.45, 7) is 0.555. The van der Waals surface area contributed by atoms with Crippen LogP contribution in [0.4, 0.5) is 0 Å². The highest BCUT2D eigenvalue weighted by molar-refractivity contribution is 7.44. The van der Waals surface area contributed by atoms with Gasteiger partial charge in [0, 0.05) is 43.3 Å². The zero-order valence-corrected chi connectivity index (χ0v) is 19.7. The number of H-pyrrole nitrogens is 2. The van der Waals surface area contributed by atoms with Crippen LogP contribution in [0.1, 0.15) is 37.3 Å². The zero-order valence-electron chi connectivity index (χ0n) is 18.8. The number of aromatic amines is 2. The molecule has 2 fully saturated rings. The molecule has 2 aromatic rings. The van der Waals surface area contributed by atoms with E-state index in [1.165, 1.54) is 19.3 Å². The molecule has 2 aliphatic heterocycles. The molecular formula is C19H24N4O12P-. The van der Waals surface area contributed by atoms with E-state index in [-0.39, 0.29) is 24.8 Å². The van der Waals surface area contributed by atoms with Gasteiger partial charge in [0.1, 0.15) is 24.2 Å². The van der Waals surface area contributed by atoms with Crippen LogP contribution >= 0.6 is 7.82 Å². The average Bonchev–Trinajstić information content (AvgIpc) is 3.30. The molecule has 0 spiro atoms. The van der Waals surface area contributed by atoms with E-state index in [4.69, 9.17) is 14.0 Å². The monoisotopic (exact) mass is 531 g/mol. The number of hydrogen-bond acceptors (Lipinski definition) is 11. The van der Waals surface area contributed by atoms with Gasteiger partial charge in [-0.25, -0.2) is 9.59 Å². The van der Waals surface area contributed by atoms with Gasteiger partial charge >= 0.3 is 11.4 Å². The second-order valence-electron chi connectivity index (χ2n) is 8.73. The summed E-state index contributed by atoms with van der Waals surface area (Å²) in [5.74, 6) is 0. The third-order valence-corrected chi connectivity index (χ3v) is 6.79. The molecule has 4 rings (SSSR count). The molecule has 2 saturated heterocycles. The van der Waals surface area contributed by atoms with Crippen LogP contribution in [0.15, 0.2) is 37.6 Å². The minimum Gasteiger partial charge on any atom is -0.756 e. The number of ether oxygens (including phenoxy) is 2. The van der Waals surface area contributed by atoms with Crippen molar-refractivity contribution in [3.8, 4) is 0 Å². The fraction of sp³-hybridized carbons (Fsp3) is 0.579. The van der Waals surface area contributed by atoms with Crippen molar-refractivity contribution >= 4 is 7.82 Å². The zero-order chi connectivity index (χ0) is 26.4. The van der Waals surface area contributed by atoms with Gasteiger partial charge in [-0.15, -0.1) is 0 Å². The molecule has 0 bridgehead atoms. The van der Waals surface area contributed by atoms with Gasteiger partial charge in [0.15, 0.2) is 0 Å². The van der Waals surface area contributed by atoms with Crippen LogP contribution in [0.25, 0.3) is 0 Å².